The number of anilines is 1. The Morgan fingerprint density at radius 1 is 1.19 bits per heavy atom. The van der Waals surface area contributed by atoms with E-state index >= 15 is 0 Å². The number of rotatable bonds is 4. The number of aryl methyl sites for hydroxylation is 1. The molecule has 7 nitrogen and oxygen atoms in total. The van der Waals surface area contributed by atoms with Crippen LogP contribution in [0.4, 0.5) is 11.4 Å². The maximum absolute atomic E-state index is 12.5. The van der Waals surface area contributed by atoms with Crippen LogP contribution in [0.2, 0.25) is 5.02 Å². The van der Waals surface area contributed by atoms with Gasteiger partial charge in [-0.2, -0.15) is 0 Å². The molecular weight excluding hydrogens is 356 g/mol. The zero-order chi connectivity index (χ0) is 18.7. The van der Waals surface area contributed by atoms with Crippen molar-refractivity contribution >= 4 is 28.9 Å². The highest BCUT2D eigenvalue weighted by atomic mass is 35.5. The topological polar surface area (TPSA) is 98.0 Å². The molecule has 2 aromatic carbocycles. The molecule has 0 saturated carbocycles. The summed E-state index contributed by atoms with van der Waals surface area (Å²) in [6, 6.07) is 12.6. The van der Waals surface area contributed by atoms with Crippen LogP contribution in [0, 0.1) is 17.0 Å². The van der Waals surface area contributed by atoms with Gasteiger partial charge in [-0.3, -0.25) is 14.9 Å². The van der Waals surface area contributed by atoms with E-state index in [9.17, 15) is 14.9 Å². The van der Waals surface area contributed by atoms with E-state index in [4.69, 9.17) is 11.6 Å². The SMILES string of the molecule is Cc1nccc(-c2cccc(NC(=O)c3cc([N+](=O)[O-])ccc3Cl)c2)n1. The Balaban J connectivity index is 1.88. The lowest BCUT2D eigenvalue weighted by Gasteiger charge is -2.09. The fourth-order valence-corrected chi connectivity index (χ4v) is 2.58. The van der Waals surface area contributed by atoms with Crippen LogP contribution in [0.1, 0.15) is 16.2 Å². The van der Waals surface area contributed by atoms with Crippen LogP contribution in [-0.4, -0.2) is 20.8 Å². The molecule has 0 aliphatic rings. The molecule has 3 aromatic rings. The van der Waals surface area contributed by atoms with Gasteiger partial charge in [-0.05, 0) is 31.2 Å². The average molecular weight is 369 g/mol. The van der Waals surface area contributed by atoms with E-state index in [-0.39, 0.29) is 16.3 Å². The minimum absolute atomic E-state index is 0.0316. The maximum Gasteiger partial charge on any atom is 0.270 e. The van der Waals surface area contributed by atoms with Gasteiger partial charge >= 0.3 is 0 Å². The molecule has 26 heavy (non-hydrogen) atoms. The number of non-ortho nitro benzene ring substituents is 1. The summed E-state index contributed by atoms with van der Waals surface area (Å²) in [6.45, 7) is 1.79. The summed E-state index contributed by atoms with van der Waals surface area (Å²) < 4.78 is 0. The van der Waals surface area contributed by atoms with Gasteiger partial charge in [0.2, 0.25) is 0 Å². The number of nitrogens with one attached hydrogen (secondary N) is 1. The molecule has 0 spiro atoms. The Bertz CT molecular complexity index is 1010. The highest BCUT2D eigenvalue weighted by Crippen LogP contribution is 2.25. The monoisotopic (exact) mass is 368 g/mol. The standard InChI is InChI=1S/C18H13ClN4O3/c1-11-20-8-7-17(21-11)12-3-2-4-13(9-12)22-18(24)15-10-14(23(25)26)5-6-16(15)19/h2-10H,1H3,(H,22,24). The highest BCUT2D eigenvalue weighted by Gasteiger charge is 2.16. The fraction of sp³-hybridized carbons (Fsp3) is 0.0556. The number of amides is 1. The molecular formula is C18H13ClN4O3. The van der Waals surface area contributed by atoms with Gasteiger partial charge in [0.25, 0.3) is 11.6 Å². The quantitative estimate of drug-likeness (QED) is 0.547. The Hall–Kier alpha value is -3.32. The van der Waals surface area contributed by atoms with Crippen LogP contribution in [-0.2, 0) is 0 Å². The Morgan fingerprint density at radius 3 is 2.73 bits per heavy atom. The molecule has 0 radical (unpaired) electrons. The van der Waals surface area contributed by atoms with Crippen molar-refractivity contribution in [1.82, 2.24) is 9.97 Å². The van der Waals surface area contributed by atoms with E-state index in [0.29, 0.717) is 11.5 Å². The largest absolute Gasteiger partial charge is 0.322 e. The number of nitro groups is 1. The van der Waals surface area contributed by atoms with Gasteiger partial charge < -0.3 is 5.32 Å². The molecule has 0 aliphatic carbocycles. The van der Waals surface area contributed by atoms with Gasteiger partial charge in [0, 0.05) is 29.6 Å². The summed E-state index contributed by atoms with van der Waals surface area (Å²) in [5.74, 6) is 0.107. The molecule has 1 heterocycles. The number of hydrogen-bond donors (Lipinski definition) is 1. The lowest BCUT2D eigenvalue weighted by Crippen LogP contribution is -2.13. The molecule has 0 atom stereocenters. The van der Waals surface area contributed by atoms with Crippen LogP contribution >= 0.6 is 11.6 Å². The third-order valence-electron chi connectivity index (χ3n) is 3.60. The van der Waals surface area contributed by atoms with Crippen LogP contribution < -0.4 is 5.32 Å². The summed E-state index contributed by atoms with van der Waals surface area (Å²) in [7, 11) is 0. The number of carbonyl (C=O) groups is 1. The second-order valence-corrected chi connectivity index (χ2v) is 5.85. The number of benzene rings is 2. The Labute approximate surface area is 153 Å². The highest BCUT2D eigenvalue weighted by molar-refractivity contribution is 6.34. The normalized spacial score (nSPS) is 10.4. The van der Waals surface area contributed by atoms with Crippen molar-refractivity contribution in [1.29, 1.82) is 0 Å². The maximum atomic E-state index is 12.5. The lowest BCUT2D eigenvalue weighted by molar-refractivity contribution is -0.384. The first-order valence-electron chi connectivity index (χ1n) is 7.59. The molecule has 3 rings (SSSR count). The van der Waals surface area contributed by atoms with Crippen molar-refractivity contribution in [3.8, 4) is 11.3 Å². The molecule has 0 unspecified atom stereocenters. The molecule has 1 aromatic heterocycles. The van der Waals surface area contributed by atoms with Gasteiger partial charge in [0.15, 0.2) is 0 Å². The van der Waals surface area contributed by atoms with Gasteiger partial charge in [-0.1, -0.05) is 23.7 Å². The van der Waals surface area contributed by atoms with E-state index in [2.05, 4.69) is 15.3 Å². The number of nitro benzene ring substituents is 1. The molecule has 1 N–H and O–H groups in total. The van der Waals surface area contributed by atoms with E-state index in [1.165, 1.54) is 12.1 Å². The van der Waals surface area contributed by atoms with Crippen LogP contribution in [0.5, 0.6) is 0 Å². The molecule has 0 saturated heterocycles. The summed E-state index contributed by atoms with van der Waals surface area (Å²) >= 11 is 6.01. The summed E-state index contributed by atoms with van der Waals surface area (Å²) in [5.41, 5.74) is 1.88. The van der Waals surface area contributed by atoms with Crippen molar-refractivity contribution in [3.05, 3.63) is 81.3 Å². The van der Waals surface area contributed by atoms with Crippen molar-refractivity contribution in [2.24, 2.45) is 0 Å². The first kappa shape index (κ1) is 17.5. The predicted molar refractivity (Wildman–Crippen MR) is 98.3 cm³/mol. The van der Waals surface area contributed by atoms with E-state index in [1.54, 1.807) is 37.4 Å². The second kappa shape index (κ2) is 7.28. The van der Waals surface area contributed by atoms with Gasteiger partial charge in [0.1, 0.15) is 5.82 Å². The van der Waals surface area contributed by atoms with Crippen molar-refractivity contribution in [2.75, 3.05) is 5.32 Å². The Morgan fingerprint density at radius 2 is 2.00 bits per heavy atom. The van der Waals surface area contributed by atoms with Gasteiger partial charge in [-0.25, -0.2) is 9.97 Å². The van der Waals surface area contributed by atoms with E-state index in [1.807, 2.05) is 6.07 Å². The minimum Gasteiger partial charge on any atom is -0.322 e. The number of carbonyl (C=O) groups excluding carboxylic acids is 1. The molecule has 130 valence electrons. The van der Waals surface area contributed by atoms with Crippen LogP contribution in [0.3, 0.4) is 0 Å². The number of nitrogens with zero attached hydrogens (tertiary/aromatic N) is 3. The van der Waals surface area contributed by atoms with Crippen molar-refractivity contribution in [3.63, 3.8) is 0 Å². The van der Waals surface area contributed by atoms with Crippen LogP contribution in [0.15, 0.2) is 54.7 Å². The average Bonchev–Trinajstić information content (AvgIpc) is 2.62. The summed E-state index contributed by atoms with van der Waals surface area (Å²) in [4.78, 5) is 31.2. The molecule has 0 bridgehead atoms. The van der Waals surface area contributed by atoms with Gasteiger partial charge in [0.05, 0.1) is 21.2 Å². The third-order valence-corrected chi connectivity index (χ3v) is 3.93. The molecule has 0 aliphatic heterocycles. The van der Waals surface area contributed by atoms with E-state index < -0.39 is 10.8 Å². The second-order valence-electron chi connectivity index (χ2n) is 5.45. The van der Waals surface area contributed by atoms with E-state index in [0.717, 1.165) is 17.3 Å². The first-order valence-corrected chi connectivity index (χ1v) is 7.97. The lowest BCUT2D eigenvalue weighted by atomic mass is 10.1. The van der Waals surface area contributed by atoms with Crippen molar-refractivity contribution in [2.45, 2.75) is 6.92 Å². The molecule has 8 heteroatoms. The zero-order valence-electron chi connectivity index (χ0n) is 13.6. The molecule has 1 amide bonds. The summed E-state index contributed by atoms with van der Waals surface area (Å²) in [6.07, 6.45) is 1.66. The number of aromatic nitrogens is 2. The number of halogens is 1. The zero-order valence-corrected chi connectivity index (χ0v) is 14.4. The fourth-order valence-electron chi connectivity index (χ4n) is 2.37. The smallest absolute Gasteiger partial charge is 0.270 e. The third kappa shape index (κ3) is 3.84. The first-order chi connectivity index (χ1) is 12.4. The van der Waals surface area contributed by atoms with Gasteiger partial charge in [-0.15, -0.1) is 0 Å². The van der Waals surface area contributed by atoms with Crippen molar-refractivity contribution < 1.29 is 9.72 Å². The predicted octanol–water partition coefficient (Wildman–Crippen LogP) is 4.27. The summed E-state index contributed by atoms with van der Waals surface area (Å²) in [5, 5.41) is 13.7. The Kier molecular flexibility index (Phi) is 4.90. The minimum atomic E-state index is -0.578. The molecule has 0 fully saturated rings. The number of hydrogen-bond acceptors (Lipinski definition) is 5. The van der Waals surface area contributed by atoms with Crippen LogP contribution in [0.25, 0.3) is 11.3 Å².